The van der Waals surface area contributed by atoms with Crippen molar-refractivity contribution in [2.24, 2.45) is 0 Å². The van der Waals surface area contributed by atoms with Gasteiger partial charge in [0.05, 0.1) is 51.3 Å². The number of nitrogens with zero attached hydrogens (tertiary/aromatic N) is 3. The number of hydrogen-bond donors (Lipinski definition) is 1. The number of carbonyl (C=O) groups excluding carboxylic acids is 4. The smallest absolute Gasteiger partial charge is 0.341 e. The van der Waals surface area contributed by atoms with Crippen molar-refractivity contribution in [2.45, 2.75) is 13.5 Å². The predicted octanol–water partition coefficient (Wildman–Crippen LogP) is 3.79. The Morgan fingerprint density at radius 3 is 2.05 bits per heavy atom. The number of rotatable bonds is 8. The quantitative estimate of drug-likeness (QED) is 0.198. The maximum Gasteiger partial charge on any atom is 0.341 e. The number of amides is 3. The van der Waals surface area contributed by atoms with Crippen LogP contribution in [0.4, 0.5) is 16.4 Å². The summed E-state index contributed by atoms with van der Waals surface area (Å²) in [6.45, 7) is 1.40. The molecule has 0 spiro atoms. The molecule has 0 aliphatic carbocycles. The molecule has 37 heavy (non-hydrogen) atoms. The first kappa shape index (κ1) is 25.1. The molecule has 0 unspecified atom stereocenters. The van der Waals surface area contributed by atoms with Crippen LogP contribution in [-0.4, -0.2) is 45.0 Å². The lowest BCUT2D eigenvalue weighted by molar-refractivity contribution is -0.394. The van der Waals surface area contributed by atoms with Crippen LogP contribution in [0.1, 0.15) is 53.2 Å². The number of imide groups is 1. The Morgan fingerprint density at radius 2 is 1.54 bits per heavy atom. The normalized spacial score (nSPS) is 12.3. The average molecular weight is 524 g/mol. The molecule has 0 atom stereocenters. The van der Waals surface area contributed by atoms with Gasteiger partial charge in [-0.15, -0.1) is 11.3 Å². The van der Waals surface area contributed by atoms with Crippen LogP contribution in [0.5, 0.6) is 0 Å². The first-order valence-corrected chi connectivity index (χ1v) is 11.4. The molecule has 0 saturated carbocycles. The SMILES string of the molecule is CCOC(=O)c1cc(CN2C(=O)c3ccccc3C2=O)sc1NC(=O)c1cc([N+](=O)[O-])cc([N+](=O)[O-])c1. The summed E-state index contributed by atoms with van der Waals surface area (Å²) in [5.41, 5.74) is -1.30. The molecule has 0 radical (unpaired) electrons. The number of carbonyl (C=O) groups is 4. The molecule has 3 aromatic rings. The summed E-state index contributed by atoms with van der Waals surface area (Å²) in [6.07, 6.45) is 0. The summed E-state index contributed by atoms with van der Waals surface area (Å²) in [4.78, 5) is 72.8. The van der Waals surface area contributed by atoms with Crippen molar-refractivity contribution < 1.29 is 33.8 Å². The zero-order chi connectivity index (χ0) is 26.9. The second-order valence-electron chi connectivity index (χ2n) is 7.62. The number of fused-ring (bicyclic) bond motifs is 1. The van der Waals surface area contributed by atoms with E-state index in [4.69, 9.17) is 4.74 Å². The molecule has 3 amide bonds. The number of non-ortho nitro benzene ring substituents is 2. The third-order valence-corrected chi connectivity index (χ3v) is 6.32. The van der Waals surface area contributed by atoms with Crippen LogP contribution in [0.25, 0.3) is 0 Å². The average Bonchev–Trinajstić information content (AvgIpc) is 3.38. The van der Waals surface area contributed by atoms with Gasteiger partial charge in [0.2, 0.25) is 0 Å². The number of ether oxygens (including phenoxy) is 1. The van der Waals surface area contributed by atoms with Gasteiger partial charge >= 0.3 is 5.97 Å². The van der Waals surface area contributed by atoms with E-state index in [0.717, 1.165) is 28.4 Å². The van der Waals surface area contributed by atoms with Gasteiger partial charge in [-0.05, 0) is 25.1 Å². The molecular formula is C23H16N4O9S. The third-order valence-electron chi connectivity index (χ3n) is 5.28. The van der Waals surface area contributed by atoms with Crippen molar-refractivity contribution in [3.63, 3.8) is 0 Å². The molecule has 1 aromatic heterocycles. The van der Waals surface area contributed by atoms with Crippen molar-refractivity contribution in [1.29, 1.82) is 0 Å². The van der Waals surface area contributed by atoms with E-state index in [0.29, 0.717) is 10.9 Å². The molecular weight excluding hydrogens is 508 g/mol. The van der Waals surface area contributed by atoms with E-state index in [-0.39, 0.29) is 40.4 Å². The minimum atomic E-state index is -0.952. The van der Waals surface area contributed by atoms with Crippen LogP contribution in [0.2, 0.25) is 0 Å². The van der Waals surface area contributed by atoms with Gasteiger partial charge in [0.1, 0.15) is 5.00 Å². The van der Waals surface area contributed by atoms with E-state index >= 15 is 0 Å². The summed E-state index contributed by atoms with van der Waals surface area (Å²) in [5, 5.41) is 24.7. The molecule has 0 saturated heterocycles. The van der Waals surface area contributed by atoms with Crippen LogP contribution in [0, 0.1) is 20.2 Å². The third kappa shape index (κ3) is 4.90. The molecule has 2 aromatic carbocycles. The monoisotopic (exact) mass is 524 g/mol. The van der Waals surface area contributed by atoms with Crippen LogP contribution in [0.15, 0.2) is 48.5 Å². The molecule has 0 bridgehead atoms. The molecule has 1 aliphatic heterocycles. The summed E-state index contributed by atoms with van der Waals surface area (Å²) in [7, 11) is 0. The Morgan fingerprint density at radius 1 is 0.973 bits per heavy atom. The Hall–Kier alpha value is -4.98. The zero-order valence-corrected chi connectivity index (χ0v) is 19.8. The molecule has 188 valence electrons. The van der Waals surface area contributed by atoms with Crippen LogP contribution >= 0.6 is 11.3 Å². The summed E-state index contributed by atoms with van der Waals surface area (Å²) < 4.78 is 5.02. The standard InChI is InChI=1S/C23H16N4O9S/c1-2-36-23(31)18-10-15(11-25-21(29)16-5-3-4-6-17(16)22(25)30)37-20(18)24-19(28)12-7-13(26(32)33)9-14(8-12)27(34)35/h3-10H,2,11H2,1H3,(H,24,28). The van der Waals surface area contributed by atoms with Gasteiger partial charge in [0, 0.05) is 17.0 Å². The first-order valence-electron chi connectivity index (χ1n) is 10.6. The first-order chi connectivity index (χ1) is 17.6. The summed E-state index contributed by atoms with van der Waals surface area (Å²) >= 11 is 0.881. The van der Waals surface area contributed by atoms with E-state index in [9.17, 15) is 39.4 Å². The molecule has 0 fully saturated rings. The highest BCUT2D eigenvalue weighted by molar-refractivity contribution is 7.16. The molecule has 14 heteroatoms. The molecule has 1 N–H and O–H groups in total. The van der Waals surface area contributed by atoms with E-state index in [1.807, 2.05) is 0 Å². The van der Waals surface area contributed by atoms with E-state index in [1.165, 1.54) is 18.2 Å². The van der Waals surface area contributed by atoms with Crippen LogP contribution < -0.4 is 5.32 Å². The lowest BCUT2D eigenvalue weighted by atomic mass is 10.1. The van der Waals surface area contributed by atoms with E-state index in [2.05, 4.69) is 5.32 Å². The number of nitrogens with one attached hydrogen (secondary N) is 1. The van der Waals surface area contributed by atoms with Crippen molar-refractivity contribution in [2.75, 3.05) is 11.9 Å². The Labute approximate surface area is 211 Å². The van der Waals surface area contributed by atoms with E-state index in [1.54, 1.807) is 19.1 Å². The zero-order valence-electron chi connectivity index (χ0n) is 19.0. The minimum absolute atomic E-state index is 0.0207. The lowest BCUT2D eigenvalue weighted by Crippen LogP contribution is -2.28. The molecule has 2 heterocycles. The van der Waals surface area contributed by atoms with Gasteiger partial charge in [0.25, 0.3) is 29.1 Å². The van der Waals surface area contributed by atoms with Gasteiger partial charge in [-0.2, -0.15) is 0 Å². The van der Waals surface area contributed by atoms with E-state index < -0.39 is 44.9 Å². The maximum atomic E-state index is 12.9. The minimum Gasteiger partial charge on any atom is -0.462 e. The topological polar surface area (TPSA) is 179 Å². The predicted molar refractivity (Wildman–Crippen MR) is 129 cm³/mol. The highest BCUT2D eigenvalue weighted by Crippen LogP contribution is 2.33. The molecule has 1 aliphatic rings. The van der Waals surface area contributed by atoms with Gasteiger partial charge < -0.3 is 10.1 Å². The van der Waals surface area contributed by atoms with Crippen molar-refractivity contribution >= 4 is 51.4 Å². The van der Waals surface area contributed by atoms with Crippen molar-refractivity contribution in [3.05, 3.63) is 95.9 Å². The number of thiophene rings is 1. The maximum absolute atomic E-state index is 12.9. The fraction of sp³-hybridized carbons (Fsp3) is 0.130. The number of benzene rings is 2. The number of nitro groups is 2. The number of anilines is 1. The highest BCUT2D eigenvalue weighted by atomic mass is 32.1. The number of hydrogen-bond acceptors (Lipinski definition) is 10. The van der Waals surface area contributed by atoms with Gasteiger partial charge in [-0.25, -0.2) is 4.79 Å². The Balaban J connectivity index is 1.65. The van der Waals surface area contributed by atoms with Gasteiger partial charge in [-0.3, -0.25) is 39.5 Å². The fourth-order valence-corrected chi connectivity index (χ4v) is 4.65. The van der Waals surface area contributed by atoms with Crippen molar-refractivity contribution in [1.82, 2.24) is 4.90 Å². The second-order valence-corrected chi connectivity index (χ2v) is 8.76. The summed E-state index contributed by atoms with van der Waals surface area (Å²) in [6, 6.07) is 10.1. The number of nitro benzene ring substituents is 2. The van der Waals surface area contributed by atoms with Crippen LogP contribution in [-0.2, 0) is 11.3 Å². The van der Waals surface area contributed by atoms with Gasteiger partial charge in [0.15, 0.2) is 0 Å². The van der Waals surface area contributed by atoms with Crippen LogP contribution in [0.3, 0.4) is 0 Å². The highest BCUT2D eigenvalue weighted by Gasteiger charge is 2.36. The fourth-order valence-electron chi connectivity index (χ4n) is 3.62. The second kappa shape index (κ2) is 9.94. The Bertz CT molecular complexity index is 1430. The number of esters is 1. The van der Waals surface area contributed by atoms with Crippen molar-refractivity contribution in [3.8, 4) is 0 Å². The molecule has 13 nitrogen and oxygen atoms in total. The largest absolute Gasteiger partial charge is 0.462 e. The van der Waals surface area contributed by atoms with Gasteiger partial charge in [-0.1, -0.05) is 12.1 Å². The Kier molecular flexibility index (Phi) is 6.75. The lowest BCUT2D eigenvalue weighted by Gasteiger charge is -2.12. The summed E-state index contributed by atoms with van der Waals surface area (Å²) in [5.74, 6) is -2.78. The molecule has 4 rings (SSSR count).